The van der Waals surface area contributed by atoms with E-state index in [1.54, 1.807) is 18.0 Å². The van der Waals surface area contributed by atoms with E-state index < -0.39 is 6.04 Å². The Bertz CT molecular complexity index is 592. The molecule has 0 bridgehead atoms. The van der Waals surface area contributed by atoms with Crippen LogP contribution in [0.25, 0.3) is 0 Å². The van der Waals surface area contributed by atoms with Crippen molar-refractivity contribution in [3.63, 3.8) is 0 Å². The van der Waals surface area contributed by atoms with Crippen LogP contribution in [0.1, 0.15) is 17.5 Å². The molecule has 7 heteroatoms. The molecule has 1 aromatic carbocycles. The number of rotatable bonds is 8. The molecule has 0 aliphatic rings. The van der Waals surface area contributed by atoms with E-state index in [1.165, 1.54) is 0 Å². The van der Waals surface area contributed by atoms with Gasteiger partial charge in [-0.25, -0.2) is 0 Å². The maximum absolute atomic E-state index is 12.0. The zero-order valence-electron chi connectivity index (χ0n) is 13.1. The van der Waals surface area contributed by atoms with Gasteiger partial charge in [-0.3, -0.25) is 9.48 Å². The summed E-state index contributed by atoms with van der Waals surface area (Å²) < 4.78 is 1.87. The topological polar surface area (TPSA) is 72.9 Å². The number of thioether (sulfide) groups is 1. The number of nitrogens with two attached hydrogens (primary N) is 1. The van der Waals surface area contributed by atoms with Crippen LogP contribution in [0.5, 0.6) is 0 Å². The van der Waals surface area contributed by atoms with Crippen molar-refractivity contribution in [1.29, 1.82) is 0 Å². The third kappa shape index (κ3) is 6.25. The number of hydrogen-bond donors (Lipinski definition) is 2. The zero-order chi connectivity index (χ0) is 15.8. The van der Waals surface area contributed by atoms with Crippen LogP contribution in [0.3, 0.4) is 0 Å². The molecule has 23 heavy (non-hydrogen) atoms. The number of nitrogens with zero attached hydrogens (tertiary/aromatic N) is 2. The summed E-state index contributed by atoms with van der Waals surface area (Å²) >= 11 is 1.70. The minimum Gasteiger partial charge on any atom is -0.351 e. The molecule has 0 spiro atoms. The number of halogens is 1. The largest absolute Gasteiger partial charge is 0.351 e. The molecule has 0 aliphatic carbocycles. The summed E-state index contributed by atoms with van der Waals surface area (Å²) in [5, 5.41) is 7.14. The third-order valence-electron chi connectivity index (χ3n) is 3.43. The Morgan fingerprint density at radius 2 is 2.09 bits per heavy atom. The minimum absolute atomic E-state index is 0. The molecule has 5 nitrogen and oxygen atoms in total. The minimum atomic E-state index is -0.439. The smallest absolute Gasteiger partial charge is 0.237 e. The number of aromatic nitrogens is 2. The van der Waals surface area contributed by atoms with Crippen molar-refractivity contribution >= 4 is 30.1 Å². The van der Waals surface area contributed by atoms with Crippen LogP contribution >= 0.6 is 24.2 Å². The van der Waals surface area contributed by atoms with Gasteiger partial charge in [0.05, 0.1) is 12.6 Å². The second kappa shape index (κ2) is 10.3. The average Bonchev–Trinajstić information content (AvgIpc) is 3.04. The van der Waals surface area contributed by atoms with Gasteiger partial charge in [-0.05, 0) is 35.6 Å². The van der Waals surface area contributed by atoms with E-state index in [4.69, 9.17) is 5.73 Å². The lowest BCUT2D eigenvalue weighted by Crippen LogP contribution is -2.40. The number of nitrogens with one attached hydrogen (secondary N) is 1. The Kier molecular flexibility index (Phi) is 8.76. The summed E-state index contributed by atoms with van der Waals surface area (Å²) in [6.07, 6.45) is 6.39. The van der Waals surface area contributed by atoms with Gasteiger partial charge in [0.1, 0.15) is 0 Å². The molecule has 126 valence electrons. The van der Waals surface area contributed by atoms with Gasteiger partial charge >= 0.3 is 0 Å². The summed E-state index contributed by atoms with van der Waals surface area (Å²) in [4.78, 5) is 12.0. The maximum atomic E-state index is 12.0. The molecule has 1 amide bonds. The van der Waals surface area contributed by atoms with E-state index in [2.05, 4.69) is 16.5 Å². The predicted molar refractivity (Wildman–Crippen MR) is 97.8 cm³/mol. The van der Waals surface area contributed by atoms with E-state index in [1.807, 2.05) is 41.4 Å². The molecule has 0 saturated carbocycles. The van der Waals surface area contributed by atoms with E-state index >= 15 is 0 Å². The van der Waals surface area contributed by atoms with Crippen LogP contribution in [0, 0.1) is 0 Å². The Labute approximate surface area is 147 Å². The van der Waals surface area contributed by atoms with Crippen LogP contribution in [-0.2, 0) is 17.9 Å². The lowest BCUT2D eigenvalue weighted by Gasteiger charge is -2.14. The molecular weight excluding hydrogens is 332 g/mol. The molecule has 0 radical (unpaired) electrons. The molecule has 2 rings (SSSR count). The summed E-state index contributed by atoms with van der Waals surface area (Å²) in [7, 11) is 0. The average molecular weight is 355 g/mol. The second-order valence-electron chi connectivity index (χ2n) is 5.08. The molecule has 3 N–H and O–H groups in total. The number of carbonyl (C=O) groups is 1. The molecule has 1 aromatic heterocycles. The van der Waals surface area contributed by atoms with Crippen molar-refractivity contribution in [3.8, 4) is 0 Å². The van der Waals surface area contributed by atoms with Crippen LogP contribution in [-0.4, -0.2) is 33.7 Å². The monoisotopic (exact) mass is 354 g/mol. The first-order valence-corrected chi connectivity index (χ1v) is 8.66. The van der Waals surface area contributed by atoms with Crippen molar-refractivity contribution in [2.24, 2.45) is 5.73 Å². The summed E-state index contributed by atoms with van der Waals surface area (Å²) in [6.45, 7) is 1.18. The van der Waals surface area contributed by atoms with Gasteiger partial charge in [0.15, 0.2) is 0 Å². The highest BCUT2D eigenvalue weighted by Gasteiger charge is 2.13. The Hall–Kier alpha value is -1.50. The van der Waals surface area contributed by atoms with Gasteiger partial charge in [0.2, 0.25) is 5.91 Å². The summed E-state index contributed by atoms with van der Waals surface area (Å²) in [5.74, 6) is 0.799. The van der Waals surface area contributed by atoms with Gasteiger partial charge in [0, 0.05) is 18.9 Å². The van der Waals surface area contributed by atoms with Crippen molar-refractivity contribution in [2.45, 2.75) is 25.6 Å². The van der Waals surface area contributed by atoms with Gasteiger partial charge in [-0.2, -0.15) is 16.9 Å². The first-order valence-electron chi connectivity index (χ1n) is 7.27. The normalized spacial score (nSPS) is 11.6. The highest BCUT2D eigenvalue weighted by molar-refractivity contribution is 7.98. The van der Waals surface area contributed by atoms with Crippen molar-refractivity contribution in [1.82, 2.24) is 15.1 Å². The van der Waals surface area contributed by atoms with Crippen molar-refractivity contribution in [3.05, 3.63) is 53.9 Å². The fourth-order valence-corrected chi connectivity index (χ4v) is 2.63. The van der Waals surface area contributed by atoms with E-state index in [0.29, 0.717) is 19.5 Å². The summed E-state index contributed by atoms with van der Waals surface area (Å²) in [6, 6.07) is 9.50. The van der Waals surface area contributed by atoms with E-state index in [-0.39, 0.29) is 18.3 Å². The lowest BCUT2D eigenvalue weighted by atomic mass is 10.1. The third-order valence-corrected chi connectivity index (χ3v) is 4.08. The van der Waals surface area contributed by atoms with E-state index in [9.17, 15) is 4.79 Å². The molecule has 1 unspecified atom stereocenters. The fraction of sp³-hybridized carbons (Fsp3) is 0.375. The molecule has 2 aromatic rings. The van der Waals surface area contributed by atoms with Crippen LogP contribution in [0.15, 0.2) is 42.7 Å². The van der Waals surface area contributed by atoms with Crippen molar-refractivity contribution in [2.75, 3.05) is 12.0 Å². The number of amides is 1. The van der Waals surface area contributed by atoms with Crippen LogP contribution in [0.2, 0.25) is 0 Å². The molecule has 0 fully saturated rings. The van der Waals surface area contributed by atoms with Gasteiger partial charge in [-0.1, -0.05) is 24.3 Å². The van der Waals surface area contributed by atoms with E-state index in [0.717, 1.165) is 16.9 Å². The van der Waals surface area contributed by atoms with Crippen LogP contribution in [0.4, 0.5) is 0 Å². The number of carbonyl (C=O) groups excluding carboxylic acids is 1. The number of hydrogen-bond acceptors (Lipinski definition) is 4. The quantitative estimate of drug-likeness (QED) is 0.761. The van der Waals surface area contributed by atoms with Gasteiger partial charge < -0.3 is 11.1 Å². The summed E-state index contributed by atoms with van der Waals surface area (Å²) in [5.41, 5.74) is 8.10. The Balaban J connectivity index is 0.00000264. The van der Waals surface area contributed by atoms with Crippen LogP contribution < -0.4 is 11.1 Å². The Morgan fingerprint density at radius 3 is 2.74 bits per heavy atom. The highest BCUT2D eigenvalue weighted by atomic mass is 35.5. The first kappa shape index (κ1) is 19.5. The fourth-order valence-electron chi connectivity index (χ4n) is 2.14. The predicted octanol–water partition coefficient (Wildman–Crippen LogP) is 2.05. The van der Waals surface area contributed by atoms with Gasteiger partial charge in [-0.15, -0.1) is 12.4 Å². The highest BCUT2D eigenvalue weighted by Crippen LogP contribution is 2.10. The second-order valence-corrected chi connectivity index (χ2v) is 6.06. The first-order chi connectivity index (χ1) is 10.7. The lowest BCUT2D eigenvalue weighted by molar-refractivity contribution is -0.122. The number of benzene rings is 1. The molecule has 1 heterocycles. The van der Waals surface area contributed by atoms with Gasteiger partial charge in [0.25, 0.3) is 0 Å². The molecular formula is C16H23ClN4OS. The molecule has 0 saturated heterocycles. The van der Waals surface area contributed by atoms with Crippen molar-refractivity contribution < 1.29 is 4.79 Å². The Morgan fingerprint density at radius 1 is 1.35 bits per heavy atom. The SMILES string of the molecule is CSCCC(N)C(=O)NCc1ccccc1Cn1cccn1.Cl. The standard InChI is InChI=1S/C16H22N4OS.ClH/c1-22-10-7-15(17)16(21)18-11-13-5-2-3-6-14(13)12-20-9-4-8-19-20;/h2-6,8-9,15H,7,10-12,17H2,1H3,(H,18,21);1H. The molecule has 0 aliphatic heterocycles. The molecule has 1 atom stereocenters. The maximum Gasteiger partial charge on any atom is 0.237 e. The zero-order valence-corrected chi connectivity index (χ0v) is 14.8.